The topological polar surface area (TPSA) is 103 Å². The van der Waals surface area contributed by atoms with Gasteiger partial charge in [-0.2, -0.15) is 25.3 Å². The summed E-state index contributed by atoms with van der Waals surface area (Å²) < 4.78 is 5.43. The molecule has 1 N–H and O–H groups in total. The molecular formula is C19H22N8O. The summed E-state index contributed by atoms with van der Waals surface area (Å²) in [5.74, 6) is 1.75. The number of hydrogen-bond donors (Lipinski definition) is 1. The predicted molar refractivity (Wildman–Crippen MR) is 107 cm³/mol. The Morgan fingerprint density at radius 3 is 2.25 bits per heavy atom. The van der Waals surface area contributed by atoms with Gasteiger partial charge in [-0.1, -0.05) is 12.1 Å². The van der Waals surface area contributed by atoms with E-state index in [0.29, 0.717) is 36.6 Å². The number of aromatic nitrogens is 3. The fourth-order valence-corrected chi connectivity index (χ4v) is 3.18. The molecule has 3 heterocycles. The first-order valence-corrected chi connectivity index (χ1v) is 9.45. The van der Waals surface area contributed by atoms with Crippen molar-refractivity contribution in [2.75, 3.05) is 54.6 Å². The molecule has 0 amide bonds. The molecule has 28 heavy (non-hydrogen) atoms. The predicted octanol–water partition coefficient (Wildman–Crippen LogP) is 1.63. The molecular weight excluding hydrogens is 356 g/mol. The SMILES string of the molecule is N#Cc1ccc(/C=N/Nc2nc(N3CCCC3)nc(N3CCOCC3)n2)cc1. The van der Waals surface area contributed by atoms with Gasteiger partial charge in [-0.05, 0) is 30.5 Å². The molecule has 2 aliphatic rings. The Kier molecular flexibility index (Phi) is 5.58. The second-order valence-electron chi connectivity index (χ2n) is 6.66. The van der Waals surface area contributed by atoms with Gasteiger partial charge in [0.15, 0.2) is 0 Å². The standard InChI is InChI=1S/C19H22N8O/c20-13-15-3-5-16(6-4-15)14-21-25-17-22-18(26-7-1-2-8-26)24-19(23-17)27-9-11-28-12-10-27/h3-6,14H,1-2,7-12H2,(H,22,23,24,25)/b21-14+. The van der Waals surface area contributed by atoms with E-state index < -0.39 is 0 Å². The molecule has 1 aromatic heterocycles. The van der Waals surface area contributed by atoms with E-state index in [1.807, 2.05) is 12.1 Å². The minimum Gasteiger partial charge on any atom is -0.378 e. The Hall–Kier alpha value is -3.25. The van der Waals surface area contributed by atoms with Gasteiger partial charge in [-0.25, -0.2) is 5.43 Å². The van der Waals surface area contributed by atoms with Crippen LogP contribution in [-0.4, -0.2) is 60.6 Å². The van der Waals surface area contributed by atoms with Gasteiger partial charge in [0.2, 0.25) is 17.8 Å². The molecule has 2 fully saturated rings. The number of ether oxygens (including phenoxy) is 1. The van der Waals surface area contributed by atoms with Crippen LogP contribution in [0.5, 0.6) is 0 Å². The van der Waals surface area contributed by atoms with E-state index in [2.05, 4.69) is 41.3 Å². The number of morpholine rings is 1. The maximum atomic E-state index is 8.87. The van der Waals surface area contributed by atoms with E-state index in [1.165, 1.54) is 0 Å². The zero-order valence-corrected chi connectivity index (χ0v) is 15.6. The molecule has 0 bridgehead atoms. The van der Waals surface area contributed by atoms with Gasteiger partial charge >= 0.3 is 0 Å². The number of nitriles is 1. The Labute approximate surface area is 163 Å². The molecule has 2 aromatic rings. The van der Waals surface area contributed by atoms with Crippen molar-refractivity contribution in [3.8, 4) is 6.07 Å². The molecule has 0 radical (unpaired) electrons. The summed E-state index contributed by atoms with van der Waals surface area (Å²) in [5, 5.41) is 13.1. The summed E-state index contributed by atoms with van der Waals surface area (Å²) >= 11 is 0. The fraction of sp³-hybridized carbons (Fsp3) is 0.421. The average molecular weight is 378 g/mol. The minimum absolute atomic E-state index is 0.420. The lowest BCUT2D eigenvalue weighted by Gasteiger charge is -2.27. The first kappa shape index (κ1) is 18.1. The number of nitrogens with zero attached hydrogens (tertiary/aromatic N) is 7. The number of anilines is 3. The summed E-state index contributed by atoms with van der Waals surface area (Å²) in [5.41, 5.74) is 4.42. The van der Waals surface area contributed by atoms with Crippen molar-refractivity contribution in [2.45, 2.75) is 12.8 Å². The van der Waals surface area contributed by atoms with E-state index in [1.54, 1.807) is 18.3 Å². The van der Waals surface area contributed by atoms with Crippen LogP contribution in [0.1, 0.15) is 24.0 Å². The second kappa shape index (κ2) is 8.63. The van der Waals surface area contributed by atoms with Crippen molar-refractivity contribution in [3.05, 3.63) is 35.4 Å². The molecule has 9 heteroatoms. The lowest BCUT2D eigenvalue weighted by atomic mass is 10.2. The van der Waals surface area contributed by atoms with Crippen LogP contribution in [0.4, 0.5) is 17.8 Å². The Balaban J connectivity index is 1.53. The van der Waals surface area contributed by atoms with Crippen molar-refractivity contribution in [1.82, 2.24) is 15.0 Å². The van der Waals surface area contributed by atoms with Gasteiger partial charge < -0.3 is 14.5 Å². The minimum atomic E-state index is 0.420. The van der Waals surface area contributed by atoms with Crippen LogP contribution in [0.25, 0.3) is 0 Å². The molecule has 4 rings (SSSR count). The number of hydrazone groups is 1. The van der Waals surface area contributed by atoms with Crippen molar-refractivity contribution < 1.29 is 4.74 Å². The van der Waals surface area contributed by atoms with E-state index in [4.69, 9.17) is 10.00 Å². The number of rotatable bonds is 5. The molecule has 0 saturated carbocycles. The normalized spacial score (nSPS) is 17.1. The van der Waals surface area contributed by atoms with E-state index in [0.717, 1.165) is 44.6 Å². The van der Waals surface area contributed by atoms with E-state index in [-0.39, 0.29) is 0 Å². The summed E-state index contributed by atoms with van der Waals surface area (Å²) in [6.07, 6.45) is 3.98. The van der Waals surface area contributed by atoms with Crippen LogP contribution < -0.4 is 15.2 Å². The van der Waals surface area contributed by atoms with Crippen LogP contribution in [0.2, 0.25) is 0 Å². The molecule has 9 nitrogen and oxygen atoms in total. The zero-order chi connectivity index (χ0) is 19.2. The van der Waals surface area contributed by atoms with Crippen LogP contribution >= 0.6 is 0 Å². The van der Waals surface area contributed by atoms with Crippen LogP contribution in [-0.2, 0) is 4.74 Å². The van der Waals surface area contributed by atoms with Crippen molar-refractivity contribution in [3.63, 3.8) is 0 Å². The molecule has 0 aliphatic carbocycles. The van der Waals surface area contributed by atoms with Gasteiger partial charge in [-0.15, -0.1) is 0 Å². The zero-order valence-electron chi connectivity index (χ0n) is 15.6. The van der Waals surface area contributed by atoms with Crippen LogP contribution in [0, 0.1) is 11.3 Å². The smallest absolute Gasteiger partial charge is 0.250 e. The molecule has 2 saturated heterocycles. The highest BCUT2D eigenvalue weighted by Crippen LogP contribution is 2.21. The van der Waals surface area contributed by atoms with Crippen molar-refractivity contribution in [2.24, 2.45) is 5.10 Å². The number of benzene rings is 1. The third kappa shape index (κ3) is 4.35. The third-order valence-electron chi connectivity index (χ3n) is 4.71. The Morgan fingerprint density at radius 2 is 1.61 bits per heavy atom. The lowest BCUT2D eigenvalue weighted by Crippen LogP contribution is -2.38. The van der Waals surface area contributed by atoms with Gasteiger partial charge in [0, 0.05) is 26.2 Å². The average Bonchev–Trinajstić information content (AvgIpc) is 3.30. The number of nitrogens with one attached hydrogen (secondary N) is 1. The highest BCUT2D eigenvalue weighted by atomic mass is 16.5. The summed E-state index contributed by atoms with van der Waals surface area (Å²) in [6, 6.07) is 9.29. The van der Waals surface area contributed by atoms with Gasteiger partial charge in [-0.3, -0.25) is 0 Å². The largest absolute Gasteiger partial charge is 0.378 e. The van der Waals surface area contributed by atoms with Crippen molar-refractivity contribution in [1.29, 1.82) is 5.26 Å². The summed E-state index contributed by atoms with van der Waals surface area (Å²) in [7, 11) is 0. The van der Waals surface area contributed by atoms with Gasteiger partial charge in [0.05, 0.1) is 31.1 Å². The van der Waals surface area contributed by atoms with Crippen LogP contribution in [0.15, 0.2) is 29.4 Å². The van der Waals surface area contributed by atoms with E-state index >= 15 is 0 Å². The molecule has 0 atom stereocenters. The Bertz CT molecular complexity index is 864. The maximum absolute atomic E-state index is 8.87. The lowest BCUT2D eigenvalue weighted by molar-refractivity contribution is 0.122. The first-order valence-electron chi connectivity index (χ1n) is 9.45. The quantitative estimate of drug-likeness (QED) is 0.619. The molecule has 144 valence electrons. The van der Waals surface area contributed by atoms with Crippen LogP contribution in [0.3, 0.4) is 0 Å². The highest BCUT2D eigenvalue weighted by molar-refractivity contribution is 5.80. The maximum Gasteiger partial charge on any atom is 0.250 e. The van der Waals surface area contributed by atoms with Crippen molar-refractivity contribution >= 4 is 24.1 Å². The molecule has 0 spiro atoms. The van der Waals surface area contributed by atoms with Gasteiger partial charge in [0.25, 0.3) is 0 Å². The molecule has 1 aromatic carbocycles. The summed E-state index contributed by atoms with van der Waals surface area (Å²) in [4.78, 5) is 18.1. The summed E-state index contributed by atoms with van der Waals surface area (Å²) in [6.45, 7) is 4.78. The van der Waals surface area contributed by atoms with Gasteiger partial charge in [0.1, 0.15) is 0 Å². The second-order valence-corrected chi connectivity index (χ2v) is 6.66. The third-order valence-corrected chi connectivity index (χ3v) is 4.71. The van der Waals surface area contributed by atoms with E-state index in [9.17, 15) is 0 Å². The highest BCUT2D eigenvalue weighted by Gasteiger charge is 2.21. The number of hydrogen-bond acceptors (Lipinski definition) is 9. The first-order chi connectivity index (χ1) is 13.8. The monoisotopic (exact) mass is 378 g/mol. The molecule has 0 unspecified atom stereocenters. The Morgan fingerprint density at radius 1 is 0.964 bits per heavy atom. The molecule has 2 aliphatic heterocycles. The fourth-order valence-electron chi connectivity index (χ4n) is 3.18.